The molecule has 1 unspecified atom stereocenters. The Kier molecular flexibility index (Phi) is 4.73. The summed E-state index contributed by atoms with van der Waals surface area (Å²) in [6, 6.07) is 0.749. The van der Waals surface area contributed by atoms with Crippen LogP contribution < -0.4 is 5.73 Å². The zero-order valence-corrected chi connectivity index (χ0v) is 8.95. The van der Waals surface area contributed by atoms with Gasteiger partial charge in [0.15, 0.2) is 0 Å². The first-order chi connectivity index (χ1) is 6.74. The van der Waals surface area contributed by atoms with E-state index in [0.29, 0.717) is 12.3 Å². The second-order valence-corrected chi connectivity index (χ2v) is 4.08. The molecule has 1 fully saturated rings. The highest BCUT2D eigenvalue weighted by Crippen LogP contribution is 2.16. The van der Waals surface area contributed by atoms with Gasteiger partial charge in [0.25, 0.3) is 0 Å². The van der Waals surface area contributed by atoms with Crippen LogP contribution in [-0.2, 0) is 0 Å². The summed E-state index contributed by atoms with van der Waals surface area (Å²) in [5.41, 5.74) is 5.38. The van der Waals surface area contributed by atoms with E-state index in [1.807, 2.05) is 0 Å². The number of oxime groups is 1. The van der Waals surface area contributed by atoms with E-state index in [9.17, 15) is 0 Å². The Hall–Kier alpha value is -0.770. The Morgan fingerprint density at radius 1 is 1.57 bits per heavy atom. The van der Waals surface area contributed by atoms with Gasteiger partial charge >= 0.3 is 0 Å². The van der Waals surface area contributed by atoms with Gasteiger partial charge < -0.3 is 15.8 Å². The molecule has 1 rings (SSSR count). The molecule has 1 aliphatic heterocycles. The Balaban J connectivity index is 2.03. The number of amidine groups is 1. The van der Waals surface area contributed by atoms with Crippen molar-refractivity contribution >= 4 is 5.84 Å². The summed E-state index contributed by atoms with van der Waals surface area (Å²) in [7, 11) is 0. The second kappa shape index (κ2) is 5.86. The van der Waals surface area contributed by atoms with E-state index >= 15 is 0 Å². The molecule has 0 spiro atoms. The average Bonchev–Trinajstić information content (AvgIpc) is 2.58. The van der Waals surface area contributed by atoms with Crippen molar-refractivity contribution in [1.82, 2.24) is 4.90 Å². The predicted molar refractivity (Wildman–Crippen MR) is 57.5 cm³/mol. The van der Waals surface area contributed by atoms with Gasteiger partial charge in [0, 0.05) is 12.5 Å². The summed E-state index contributed by atoms with van der Waals surface area (Å²) >= 11 is 0. The average molecular weight is 199 g/mol. The quantitative estimate of drug-likeness (QED) is 0.231. The highest BCUT2D eigenvalue weighted by molar-refractivity contribution is 5.79. The van der Waals surface area contributed by atoms with Gasteiger partial charge in [0.2, 0.25) is 0 Å². The van der Waals surface area contributed by atoms with Gasteiger partial charge in [0.1, 0.15) is 5.84 Å². The van der Waals surface area contributed by atoms with E-state index in [4.69, 9.17) is 10.9 Å². The van der Waals surface area contributed by atoms with E-state index in [1.54, 1.807) is 0 Å². The Morgan fingerprint density at radius 2 is 2.36 bits per heavy atom. The standard InChI is InChI=1S/C10H21N3O/c1-9-5-4-8-13(9)7-3-2-6-10(11)12-14/h9,14H,2-8H2,1H3,(H2,11,12). The van der Waals surface area contributed by atoms with Crippen LogP contribution in [0.5, 0.6) is 0 Å². The normalized spacial score (nSPS) is 24.4. The van der Waals surface area contributed by atoms with Crippen molar-refractivity contribution < 1.29 is 5.21 Å². The second-order valence-electron chi connectivity index (χ2n) is 4.08. The van der Waals surface area contributed by atoms with Gasteiger partial charge in [-0.1, -0.05) is 5.16 Å². The third-order valence-corrected chi connectivity index (χ3v) is 2.95. The van der Waals surface area contributed by atoms with E-state index < -0.39 is 0 Å². The molecular formula is C10H21N3O. The number of hydrogen-bond acceptors (Lipinski definition) is 3. The maximum atomic E-state index is 8.34. The zero-order chi connectivity index (χ0) is 10.4. The summed E-state index contributed by atoms with van der Waals surface area (Å²) in [6.07, 6.45) is 5.53. The molecule has 0 aromatic carbocycles. The molecule has 82 valence electrons. The molecule has 14 heavy (non-hydrogen) atoms. The Morgan fingerprint density at radius 3 is 2.93 bits per heavy atom. The lowest BCUT2D eigenvalue weighted by atomic mass is 10.2. The first-order valence-electron chi connectivity index (χ1n) is 5.44. The summed E-state index contributed by atoms with van der Waals surface area (Å²) < 4.78 is 0. The summed E-state index contributed by atoms with van der Waals surface area (Å²) in [5, 5.41) is 11.3. The third kappa shape index (κ3) is 3.54. The lowest BCUT2D eigenvalue weighted by Crippen LogP contribution is -2.28. The van der Waals surface area contributed by atoms with Crippen LogP contribution in [0.3, 0.4) is 0 Å². The predicted octanol–water partition coefficient (Wildman–Crippen LogP) is 1.39. The molecule has 1 aliphatic rings. The van der Waals surface area contributed by atoms with Gasteiger partial charge in [-0.2, -0.15) is 0 Å². The number of unbranched alkanes of at least 4 members (excludes halogenated alkanes) is 1. The number of hydrogen-bond donors (Lipinski definition) is 2. The molecule has 0 bridgehead atoms. The van der Waals surface area contributed by atoms with Gasteiger partial charge in [-0.05, 0) is 45.7 Å². The molecule has 1 atom stereocenters. The highest BCUT2D eigenvalue weighted by atomic mass is 16.4. The van der Waals surface area contributed by atoms with E-state index in [-0.39, 0.29) is 0 Å². The van der Waals surface area contributed by atoms with Crippen LogP contribution in [0.1, 0.15) is 39.0 Å². The van der Waals surface area contributed by atoms with Crippen LogP contribution in [0.4, 0.5) is 0 Å². The molecule has 0 amide bonds. The minimum atomic E-state index is 0.347. The van der Waals surface area contributed by atoms with Crippen LogP contribution in [0.15, 0.2) is 5.16 Å². The lowest BCUT2D eigenvalue weighted by molar-refractivity contribution is 0.263. The van der Waals surface area contributed by atoms with Crippen LogP contribution in [0.2, 0.25) is 0 Å². The first kappa shape index (κ1) is 11.3. The molecule has 0 aliphatic carbocycles. The van der Waals surface area contributed by atoms with Crippen molar-refractivity contribution in [2.45, 2.75) is 45.1 Å². The van der Waals surface area contributed by atoms with Crippen LogP contribution in [0.25, 0.3) is 0 Å². The van der Waals surface area contributed by atoms with Crippen LogP contribution in [-0.4, -0.2) is 35.1 Å². The van der Waals surface area contributed by atoms with Gasteiger partial charge in [-0.15, -0.1) is 0 Å². The molecule has 4 nitrogen and oxygen atoms in total. The van der Waals surface area contributed by atoms with Crippen molar-refractivity contribution in [3.05, 3.63) is 0 Å². The fourth-order valence-electron chi connectivity index (χ4n) is 2.00. The van der Waals surface area contributed by atoms with Crippen LogP contribution in [0, 0.1) is 0 Å². The minimum absolute atomic E-state index is 0.347. The molecule has 1 heterocycles. The van der Waals surface area contributed by atoms with E-state index in [0.717, 1.165) is 25.4 Å². The smallest absolute Gasteiger partial charge is 0.139 e. The van der Waals surface area contributed by atoms with Crippen molar-refractivity contribution in [1.29, 1.82) is 0 Å². The van der Waals surface area contributed by atoms with Crippen molar-refractivity contribution in [3.63, 3.8) is 0 Å². The molecule has 4 heteroatoms. The molecule has 3 N–H and O–H groups in total. The maximum Gasteiger partial charge on any atom is 0.139 e. The maximum absolute atomic E-state index is 8.34. The van der Waals surface area contributed by atoms with E-state index in [2.05, 4.69) is 17.0 Å². The summed E-state index contributed by atoms with van der Waals surface area (Å²) in [6.45, 7) is 4.68. The Bertz CT molecular complexity index is 194. The Labute approximate surface area is 85.8 Å². The van der Waals surface area contributed by atoms with Crippen LogP contribution >= 0.6 is 0 Å². The molecular weight excluding hydrogens is 178 g/mol. The highest BCUT2D eigenvalue weighted by Gasteiger charge is 2.18. The van der Waals surface area contributed by atoms with Gasteiger partial charge in [0.05, 0.1) is 0 Å². The summed E-state index contributed by atoms with van der Waals surface area (Å²) in [4.78, 5) is 2.52. The van der Waals surface area contributed by atoms with E-state index in [1.165, 1.54) is 19.4 Å². The van der Waals surface area contributed by atoms with Crippen molar-refractivity contribution in [3.8, 4) is 0 Å². The van der Waals surface area contributed by atoms with Gasteiger partial charge in [-0.25, -0.2) is 0 Å². The fraction of sp³-hybridized carbons (Fsp3) is 0.900. The molecule has 1 saturated heterocycles. The SMILES string of the molecule is CC1CCCN1CCCC/C(N)=N/O. The van der Waals surface area contributed by atoms with Crippen molar-refractivity contribution in [2.75, 3.05) is 13.1 Å². The molecule has 0 aromatic heterocycles. The largest absolute Gasteiger partial charge is 0.409 e. The molecule has 0 radical (unpaired) electrons. The minimum Gasteiger partial charge on any atom is -0.409 e. The zero-order valence-electron chi connectivity index (χ0n) is 8.95. The van der Waals surface area contributed by atoms with Gasteiger partial charge in [-0.3, -0.25) is 0 Å². The number of likely N-dealkylation sites (tertiary alicyclic amines) is 1. The number of rotatable bonds is 5. The number of nitrogens with two attached hydrogens (primary N) is 1. The first-order valence-corrected chi connectivity index (χ1v) is 5.44. The number of nitrogens with zero attached hydrogens (tertiary/aromatic N) is 2. The van der Waals surface area contributed by atoms with Crippen molar-refractivity contribution in [2.24, 2.45) is 10.9 Å². The fourth-order valence-corrected chi connectivity index (χ4v) is 2.00. The monoisotopic (exact) mass is 199 g/mol. The lowest BCUT2D eigenvalue weighted by Gasteiger charge is -2.20. The molecule has 0 saturated carbocycles. The summed E-state index contributed by atoms with van der Waals surface area (Å²) in [5.74, 6) is 0.347. The topological polar surface area (TPSA) is 61.8 Å². The third-order valence-electron chi connectivity index (χ3n) is 2.95. The molecule has 0 aromatic rings.